The molecule has 0 radical (unpaired) electrons. The van der Waals surface area contributed by atoms with Crippen molar-refractivity contribution in [2.24, 2.45) is 16.9 Å². The number of primary amides is 1. The third-order valence-electron chi connectivity index (χ3n) is 7.76. The maximum Gasteiger partial charge on any atom is 0.249 e. The van der Waals surface area contributed by atoms with E-state index in [1.165, 1.54) is 0 Å². The van der Waals surface area contributed by atoms with Gasteiger partial charge in [0.05, 0.1) is 22.9 Å². The molecule has 1 aliphatic heterocycles. The summed E-state index contributed by atoms with van der Waals surface area (Å²) in [5.41, 5.74) is 17.3. The molecule has 8 heteroatoms. The number of carbonyl (C=O) groups excluding carboxylic acids is 2. The molecule has 3 heterocycles. The van der Waals surface area contributed by atoms with Crippen molar-refractivity contribution in [1.82, 2.24) is 14.3 Å². The number of Topliss-reactive ketones (excluding diaryl/α,β-unsaturated/α-hetero) is 1. The second-order valence-electron chi connectivity index (χ2n) is 11.2. The molecule has 6 rings (SSSR count). The van der Waals surface area contributed by atoms with E-state index in [4.69, 9.17) is 16.6 Å². The number of rotatable bonds is 5. The highest BCUT2D eigenvalue weighted by Crippen LogP contribution is 2.51. The van der Waals surface area contributed by atoms with E-state index in [-0.39, 0.29) is 22.6 Å². The van der Waals surface area contributed by atoms with Crippen molar-refractivity contribution in [3.8, 4) is 11.5 Å². The molecule has 0 saturated heterocycles. The number of nitrogens with two attached hydrogens (primary N) is 2. The van der Waals surface area contributed by atoms with Crippen molar-refractivity contribution in [1.29, 1.82) is 0 Å². The smallest absolute Gasteiger partial charge is 0.249 e. The number of aromatic nitrogens is 3. The average molecular weight is 533 g/mol. The number of aryl methyl sites for hydroxylation is 1. The van der Waals surface area contributed by atoms with Crippen molar-refractivity contribution in [3.63, 3.8) is 0 Å². The van der Waals surface area contributed by atoms with Crippen LogP contribution in [-0.2, 0) is 9.59 Å². The number of benzene rings is 2. The third kappa shape index (κ3) is 4.04. The minimum atomic E-state index is -0.772. The number of para-hydroxylation sites is 2. The van der Waals surface area contributed by atoms with Crippen molar-refractivity contribution in [2.45, 2.75) is 39.5 Å². The molecule has 1 unspecified atom stereocenters. The van der Waals surface area contributed by atoms with E-state index < -0.39 is 11.8 Å². The van der Waals surface area contributed by atoms with Gasteiger partial charge >= 0.3 is 0 Å². The van der Waals surface area contributed by atoms with Gasteiger partial charge in [-0.25, -0.2) is 4.68 Å². The largest absolute Gasteiger partial charge is 0.384 e. The lowest BCUT2D eigenvalue weighted by molar-refractivity contribution is -0.118. The quantitative estimate of drug-likeness (QED) is 0.381. The van der Waals surface area contributed by atoms with E-state index in [9.17, 15) is 9.59 Å². The van der Waals surface area contributed by atoms with E-state index >= 15 is 0 Å². The molecule has 2 aromatic carbocycles. The fourth-order valence-electron chi connectivity index (χ4n) is 6.15. The van der Waals surface area contributed by atoms with Gasteiger partial charge in [0.2, 0.25) is 5.91 Å². The number of amides is 1. The normalized spacial score (nSPS) is 18.7. The molecule has 202 valence electrons. The van der Waals surface area contributed by atoms with Gasteiger partial charge < -0.3 is 16.0 Å². The van der Waals surface area contributed by atoms with Crippen LogP contribution in [0.2, 0.25) is 0 Å². The zero-order chi connectivity index (χ0) is 28.2. The van der Waals surface area contributed by atoms with Gasteiger partial charge in [-0.2, -0.15) is 5.10 Å². The second-order valence-corrected chi connectivity index (χ2v) is 11.2. The van der Waals surface area contributed by atoms with Gasteiger partial charge in [0.25, 0.3) is 0 Å². The van der Waals surface area contributed by atoms with Gasteiger partial charge in [-0.1, -0.05) is 50.2 Å². The molecule has 0 saturated carbocycles. The van der Waals surface area contributed by atoms with Crippen LogP contribution in [0.3, 0.4) is 0 Å². The number of anilines is 1. The highest BCUT2D eigenvalue weighted by molar-refractivity contribution is 6.06. The third-order valence-corrected chi connectivity index (χ3v) is 7.76. The molecule has 0 bridgehead atoms. The number of ketones is 1. The van der Waals surface area contributed by atoms with Crippen molar-refractivity contribution in [2.75, 3.05) is 4.90 Å². The van der Waals surface area contributed by atoms with Crippen LogP contribution in [0, 0.1) is 12.3 Å². The van der Waals surface area contributed by atoms with Gasteiger partial charge in [-0.3, -0.25) is 14.5 Å². The predicted molar refractivity (Wildman–Crippen MR) is 155 cm³/mol. The lowest BCUT2D eigenvalue weighted by Crippen LogP contribution is -2.44. The molecule has 1 aliphatic carbocycles. The summed E-state index contributed by atoms with van der Waals surface area (Å²) in [4.78, 5) is 29.3. The molecule has 1 amide bonds. The Morgan fingerprint density at radius 2 is 1.52 bits per heavy atom. The monoisotopic (exact) mass is 532 g/mol. The summed E-state index contributed by atoms with van der Waals surface area (Å²) >= 11 is 0. The van der Waals surface area contributed by atoms with Crippen LogP contribution < -0.4 is 16.4 Å². The standard InChI is InChI=1S/C32H32N6O2/c1-20-25(31(36-16-10-11-17-36)38(35-20)22-14-8-5-9-15-22)27-26-23(18-32(2,3)19-24(26)39)37(21-12-6-4-7-13-21)29(33)28(27)30(34)40/h4-17,27H,18-19,33H2,1-3H3,(H2,34,40). The molecule has 0 spiro atoms. The molecule has 1 atom stereocenters. The second kappa shape index (κ2) is 9.41. The zero-order valence-corrected chi connectivity index (χ0v) is 22.8. The Balaban J connectivity index is 1.70. The highest BCUT2D eigenvalue weighted by atomic mass is 16.1. The van der Waals surface area contributed by atoms with Crippen molar-refractivity contribution in [3.05, 3.63) is 119 Å². The minimum Gasteiger partial charge on any atom is -0.384 e. The summed E-state index contributed by atoms with van der Waals surface area (Å²) in [7, 11) is 0. The molecule has 2 aliphatic rings. The van der Waals surface area contributed by atoms with Gasteiger partial charge in [-0.05, 0) is 55.2 Å². The summed E-state index contributed by atoms with van der Waals surface area (Å²) in [5, 5.41) is 4.93. The van der Waals surface area contributed by atoms with Gasteiger partial charge in [0.1, 0.15) is 11.6 Å². The number of nitrogens with zero attached hydrogens (tertiary/aromatic N) is 4. The summed E-state index contributed by atoms with van der Waals surface area (Å²) in [6.07, 6.45) is 4.81. The van der Waals surface area contributed by atoms with Crippen LogP contribution in [0.15, 0.2) is 108 Å². The fraction of sp³-hybridized carbons (Fsp3) is 0.219. The van der Waals surface area contributed by atoms with Crippen LogP contribution in [0.25, 0.3) is 11.5 Å². The molecule has 4 aromatic rings. The Hall–Kier alpha value is -4.85. The SMILES string of the molecule is Cc1nn(-c2ccccc2)c(-n2cccc2)c1C1C(C(N)=O)=C(N)N(c2ccccc2)C2=C1C(=O)CC(C)(C)C2. The minimum absolute atomic E-state index is 0.0197. The van der Waals surface area contributed by atoms with Crippen LogP contribution in [0.4, 0.5) is 5.69 Å². The first-order chi connectivity index (χ1) is 19.2. The van der Waals surface area contributed by atoms with E-state index in [0.29, 0.717) is 24.1 Å². The summed E-state index contributed by atoms with van der Waals surface area (Å²) in [5.74, 6) is -0.501. The van der Waals surface area contributed by atoms with E-state index in [1.807, 2.05) is 106 Å². The summed E-state index contributed by atoms with van der Waals surface area (Å²) in [6.45, 7) is 6.07. The molecule has 4 N–H and O–H groups in total. The van der Waals surface area contributed by atoms with Crippen molar-refractivity contribution < 1.29 is 9.59 Å². The number of allylic oxidation sites excluding steroid dienone is 2. The Kier molecular flexibility index (Phi) is 5.98. The first-order valence-corrected chi connectivity index (χ1v) is 13.4. The first kappa shape index (κ1) is 25.4. The first-order valence-electron chi connectivity index (χ1n) is 13.4. The van der Waals surface area contributed by atoms with Crippen LogP contribution in [0.1, 0.15) is 43.9 Å². The Bertz CT molecular complexity index is 1680. The molecule has 2 aromatic heterocycles. The lowest BCUT2D eigenvalue weighted by Gasteiger charge is -2.44. The summed E-state index contributed by atoms with van der Waals surface area (Å²) in [6, 6.07) is 23.2. The molecule has 40 heavy (non-hydrogen) atoms. The van der Waals surface area contributed by atoms with E-state index in [0.717, 1.165) is 28.5 Å². The number of carbonyl (C=O) groups is 2. The van der Waals surface area contributed by atoms with Crippen LogP contribution in [0.5, 0.6) is 0 Å². The van der Waals surface area contributed by atoms with Crippen LogP contribution >= 0.6 is 0 Å². The van der Waals surface area contributed by atoms with Gasteiger partial charge in [0, 0.05) is 41.3 Å². The maximum atomic E-state index is 14.1. The predicted octanol–water partition coefficient (Wildman–Crippen LogP) is 4.87. The molecular formula is C32H32N6O2. The average Bonchev–Trinajstić information content (AvgIpc) is 3.56. The van der Waals surface area contributed by atoms with E-state index in [2.05, 4.69) is 13.8 Å². The van der Waals surface area contributed by atoms with Gasteiger partial charge in [0.15, 0.2) is 5.78 Å². The number of hydrogen-bond donors (Lipinski definition) is 2. The van der Waals surface area contributed by atoms with Crippen molar-refractivity contribution >= 4 is 17.4 Å². The summed E-state index contributed by atoms with van der Waals surface area (Å²) < 4.78 is 3.80. The number of hydrogen-bond acceptors (Lipinski definition) is 5. The van der Waals surface area contributed by atoms with E-state index in [1.54, 1.807) is 0 Å². The lowest BCUT2D eigenvalue weighted by atomic mass is 9.68. The Morgan fingerprint density at radius 1 is 0.925 bits per heavy atom. The molecular weight excluding hydrogens is 500 g/mol. The Morgan fingerprint density at radius 3 is 2.12 bits per heavy atom. The van der Waals surface area contributed by atoms with Gasteiger partial charge in [-0.15, -0.1) is 0 Å². The molecule has 8 nitrogen and oxygen atoms in total. The zero-order valence-electron chi connectivity index (χ0n) is 22.8. The topological polar surface area (TPSA) is 112 Å². The fourth-order valence-corrected chi connectivity index (χ4v) is 6.15. The maximum absolute atomic E-state index is 14.1. The highest BCUT2D eigenvalue weighted by Gasteiger charge is 2.47. The van der Waals surface area contributed by atoms with Crippen LogP contribution in [-0.4, -0.2) is 26.0 Å². The Labute approximate surface area is 233 Å². The molecule has 0 fully saturated rings.